The van der Waals surface area contributed by atoms with E-state index in [-0.39, 0.29) is 19.1 Å². The summed E-state index contributed by atoms with van der Waals surface area (Å²) in [7, 11) is 1.65. The molecule has 4 nitrogen and oxygen atoms in total. The van der Waals surface area contributed by atoms with Crippen LogP contribution in [0.1, 0.15) is 26.3 Å². The minimum Gasteiger partial charge on any atom is -0.488 e. The van der Waals surface area contributed by atoms with Crippen molar-refractivity contribution in [3.05, 3.63) is 29.8 Å². The molecule has 0 spiro atoms. The number of rotatable bonds is 5. The normalized spacial score (nSPS) is 12.4. The molecule has 0 radical (unpaired) electrons. The van der Waals surface area contributed by atoms with Gasteiger partial charge in [0, 0.05) is 0 Å². The molecule has 1 aromatic rings. The lowest BCUT2D eigenvalue weighted by molar-refractivity contribution is -0.139. The van der Waals surface area contributed by atoms with E-state index in [1.54, 1.807) is 7.05 Å². The van der Waals surface area contributed by atoms with Gasteiger partial charge in [0.1, 0.15) is 17.4 Å². The van der Waals surface area contributed by atoms with Gasteiger partial charge in [-0.1, -0.05) is 12.1 Å². The van der Waals surface area contributed by atoms with Gasteiger partial charge in [0.05, 0.1) is 0 Å². The number of hydrogen-bond donors (Lipinski definition) is 2. The molecule has 0 unspecified atom stereocenters. The molecule has 19 heavy (non-hydrogen) atoms. The molecular formula is C14H23NO3S. The second-order valence-electron chi connectivity index (χ2n) is 5.24. The van der Waals surface area contributed by atoms with Crippen LogP contribution in [0.15, 0.2) is 24.3 Å². The number of carbonyl (C=O) groups is 1. The third-order valence-corrected chi connectivity index (χ3v) is 2.43. The molecular weight excluding hydrogens is 262 g/mol. The quantitative estimate of drug-likeness (QED) is 0.870. The molecule has 0 saturated carbocycles. The summed E-state index contributed by atoms with van der Waals surface area (Å²) in [5, 5.41) is 11.7. The molecule has 2 N–H and O–H groups in total. The first-order valence-corrected chi connectivity index (χ1v) is 6.00. The molecule has 0 aromatic heterocycles. The summed E-state index contributed by atoms with van der Waals surface area (Å²) in [5.74, 6) is -0.0462. The Labute approximate surface area is 121 Å². The maximum absolute atomic E-state index is 10.9. The van der Waals surface area contributed by atoms with Crippen molar-refractivity contribution in [3.8, 4) is 5.75 Å². The topological polar surface area (TPSA) is 58.6 Å². The van der Waals surface area contributed by atoms with Crippen LogP contribution in [0.2, 0.25) is 0 Å². The molecule has 5 heteroatoms. The van der Waals surface area contributed by atoms with E-state index in [0.717, 1.165) is 11.3 Å². The average Bonchev–Trinajstić information content (AvgIpc) is 2.25. The highest BCUT2D eigenvalue weighted by molar-refractivity contribution is 7.59. The van der Waals surface area contributed by atoms with Gasteiger partial charge >= 0.3 is 5.97 Å². The van der Waals surface area contributed by atoms with Crippen molar-refractivity contribution in [2.24, 2.45) is 0 Å². The molecule has 1 atom stereocenters. The van der Waals surface area contributed by atoms with Crippen LogP contribution in [-0.2, 0) is 11.2 Å². The highest BCUT2D eigenvalue weighted by atomic mass is 32.1. The van der Waals surface area contributed by atoms with E-state index in [1.807, 2.05) is 45.0 Å². The van der Waals surface area contributed by atoms with Gasteiger partial charge in [-0.05, 0) is 51.9 Å². The number of nitrogens with one attached hydrogen (secondary N) is 1. The van der Waals surface area contributed by atoms with Gasteiger partial charge in [-0.25, -0.2) is 0 Å². The van der Waals surface area contributed by atoms with Crippen molar-refractivity contribution in [1.82, 2.24) is 5.32 Å². The van der Waals surface area contributed by atoms with E-state index in [2.05, 4.69) is 5.32 Å². The fraction of sp³-hybridized carbons (Fsp3) is 0.500. The summed E-state index contributed by atoms with van der Waals surface area (Å²) >= 11 is 0. The second kappa shape index (κ2) is 7.40. The monoisotopic (exact) mass is 285 g/mol. The summed E-state index contributed by atoms with van der Waals surface area (Å²) in [6.07, 6.45) is 0.460. The molecule has 0 heterocycles. The number of aliphatic carboxylic acids is 1. The molecule has 0 aliphatic heterocycles. The van der Waals surface area contributed by atoms with Gasteiger partial charge in [-0.15, -0.1) is 0 Å². The highest BCUT2D eigenvalue weighted by Crippen LogP contribution is 2.19. The van der Waals surface area contributed by atoms with Crippen LogP contribution in [0.3, 0.4) is 0 Å². The fourth-order valence-electron chi connectivity index (χ4n) is 1.60. The van der Waals surface area contributed by atoms with Crippen LogP contribution in [0.5, 0.6) is 5.75 Å². The molecule has 0 aliphatic rings. The molecule has 0 aliphatic carbocycles. The van der Waals surface area contributed by atoms with Crippen molar-refractivity contribution in [3.63, 3.8) is 0 Å². The Balaban J connectivity index is 0.00000324. The van der Waals surface area contributed by atoms with Crippen LogP contribution in [0.4, 0.5) is 0 Å². The minimum atomic E-state index is -0.840. The van der Waals surface area contributed by atoms with Crippen molar-refractivity contribution in [2.45, 2.75) is 38.8 Å². The molecule has 1 aromatic carbocycles. The zero-order valence-corrected chi connectivity index (χ0v) is 12.9. The Morgan fingerprint density at radius 2 is 1.84 bits per heavy atom. The van der Waals surface area contributed by atoms with Gasteiger partial charge < -0.3 is 15.2 Å². The first-order valence-electron chi connectivity index (χ1n) is 6.00. The van der Waals surface area contributed by atoms with Gasteiger partial charge in [0.15, 0.2) is 0 Å². The predicted molar refractivity (Wildman–Crippen MR) is 81.4 cm³/mol. The maximum atomic E-state index is 10.9. The van der Waals surface area contributed by atoms with E-state index in [1.165, 1.54) is 0 Å². The first kappa shape index (κ1) is 17.8. The number of benzene rings is 1. The molecule has 1 rings (SSSR count). The van der Waals surface area contributed by atoms with Crippen molar-refractivity contribution < 1.29 is 14.6 Å². The number of carboxylic acid groups (broad SMARTS) is 1. The number of likely N-dealkylation sites (N-methyl/N-ethyl adjacent to an activating group) is 1. The predicted octanol–water partition coefficient (Wildman–Crippen LogP) is 2.19. The Hall–Kier alpha value is -1.20. The van der Waals surface area contributed by atoms with Crippen molar-refractivity contribution in [2.75, 3.05) is 7.05 Å². The lowest BCUT2D eigenvalue weighted by Gasteiger charge is -2.21. The number of carboxylic acids is 1. The standard InChI is InChI=1S/C14H21NO3.H2S/c1-14(2,3)18-11-7-5-10(6-8-11)9-12(15-4)13(16)17;/h5-8,12,15H,9H2,1-4H3,(H,16,17);1H2/t12-;/m0./s1. The summed E-state index contributed by atoms with van der Waals surface area (Å²) in [5.41, 5.74) is 0.744. The lowest BCUT2D eigenvalue weighted by Crippen LogP contribution is -2.35. The van der Waals surface area contributed by atoms with Gasteiger partial charge in [0.25, 0.3) is 0 Å². The summed E-state index contributed by atoms with van der Waals surface area (Å²) in [6, 6.07) is 6.98. The SMILES string of the molecule is CN[C@@H](Cc1ccc(OC(C)(C)C)cc1)C(=O)O.S. The number of ether oxygens (including phenoxy) is 1. The smallest absolute Gasteiger partial charge is 0.321 e. The Kier molecular flexibility index (Phi) is 6.94. The van der Waals surface area contributed by atoms with Gasteiger partial charge in [-0.3, -0.25) is 4.79 Å². The minimum absolute atomic E-state index is 0. The third kappa shape index (κ3) is 6.50. The molecule has 0 bridgehead atoms. The zero-order chi connectivity index (χ0) is 13.8. The van der Waals surface area contributed by atoms with E-state index in [4.69, 9.17) is 9.84 Å². The molecule has 108 valence electrons. The summed E-state index contributed by atoms with van der Waals surface area (Å²) < 4.78 is 5.70. The maximum Gasteiger partial charge on any atom is 0.321 e. The van der Waals surface area contributed by atoms with Crippen LogP contribution in [-0.4, -0.2) is 29.8 Å². The Morgan fingerprint density at radius 3 is 2.21 bits per heavy atom. The van der Waals surface area contributed by atoms with Crippen LogP contribution in [0, 0.1) is 0 Å². The number of hydrogen-bond acceptors (Lipinski definition) is 3. The van der Waals surface area contributed by atoms with Crippen molar-refractivity contribution in [1.29, 1.82) is 0 Å². The largest absolute Gasteiger partial charge is 0.488 e. The highest BCUT2D eigenvalue weighted by Gasteiger charge is 2.16. The Bertz CT molecular complexity index is 398. The lowest BCUT2D eigenvalue weighted by atomic mass is 10.1. The third-order valence-electron chi connectivity index (χ3n) is 2.43. The Morgan fingerprint density at radius 1 is 1.32 bits per heavy atom. The molecule has 0 fully saturated rings. The van der Waals surface area contributed by atoms with E-state index < -0.39 is 12.0 Å². The van der Waals surface area contributed by atoms with Crippen LogP contribution < -0.4 is 10.1 Å². The molecule has 0 saturated heterocycles. The fourth-order valence-corrected chi connectivity index (χ4v) is 1.60. The van der Waals surface area contributed by atoms with E-state index in [9.17, 15) is 4.79 Å². The van der Waals surface area contributed by atoms with E-state index in [0.29, 0.717) is 6.42 Å². The zero-order valence-electron chi connectivity index (χ0n) is 11.9. The average molecular weight is 285 g/mol. The van der Waals surface area contributed by atoms with Gasteiger partial charge in [-0.2, -0.15) is 13.5 Å². The second-order valence-corrected chi connectivity index (χ2v) is 5.24. The first-order chi connectivity index (χ1) is 8.31. The van der Waals surface area contributed by atoms with Crippen LogP contribution in [0.25, 0.3) is 0 Å². The molecule has 0 amide bonds. The van der Waals surface area contributed by atoms with E-state index >= 15 is 0 Å². The van der Waals surface area contributed by atoms with Crippen LogP contribution >= 0.6 is 13.5 Å². The van der Waals surface area contributed by atoms with Crippen molar-refractivity contribution >= 4 is 19.5 Å². The van der Waals surface area contributed by atoms with Gasteiger partial charge in [0.2, 0.25) is 0 Å². The summed E-state index contributed by atoms with van der Waals surface area (Å²) in [6.45, 7) is 5.97. The summed E-state index contributed by atoms with van der Waals surface area (Å²) in [4.78, 5) is 10.9.